The SMILES string of the molecule is Cc1ccc(CNC(=O)CCC(=O)c2ccc3c(c2)OCCO3)cc1F. The molecule has 0 saturated heterocycles. The first-order chi connectivity index (χ1) is 12.5. The molecule has 2 aromatic carbocycles. The number of benzene rings is 2. The van der Waals surface area contributed by atoms with Crippen molar-refractivity contribution in [1.29, 1.82) is 0 Å². The molecule has 3 rings (SSSR count). The van der Waals surface area contributed by atoms with Crippen LogP contribution in [0.25, 0.3) is 0 Å². The molecule has 6 heteroatoms. The van der Waals surface area contributed by atoms with Gasteiger partial charge in [0, 0.05) is 24.9 Å². The van der Waals surface area contributed by atoms with E-state index in [0.29, 0.717) is 41.4 Å². The molecule has 0 aromatic heterocycles. The van der Waals surface area contributed by atoms with Crippen LogP contribution in [0.3, 0.4) is 0 Å². The Balaban J connectivity index is 1.49. The number of aryl methyl sites for hydroxylation is 1. The summed E-state index contributed by atoms with van der Waals surface area (Å²) in [7, 11) is 0. The van der Waals surface area contributed by atoms with Crippen LogP contribution in [-0.2, 0) is 11.3 Å². The molecule has 26 heavy (non-hydrogen) atoms. The maximum Gasteiger partial charge on any atom is 0.220 e. The highest BCUT2D eigenvalue weighted by molar-refractivity contribution is 5.98. The molecule has 0 saturated carbocycles. The Morgan fingerprint density at radius 1 is 1.04 bits per heavy atom. The Morgan fingerprint density at radius 3 is 2.58 bits per heavy atom. The van der Waals surface area contributed by atoms with E-state index in [1.54, 1.807) is 37.3 Å². The minimum atomic E-state index is -0.300. The van der Waals surface area contributed by atoms with Crippen LogP contribution in [0.1, 0.15) is 34.3 Å². The van der Waals surface area contributed by atoms with Crippen molar-refractivity contribution in [2.45, 2.75) is 26.3 Å². The molecule has 0 unspecified atom stereocenters. The number of fused-ring (bicyclic) bond motifs is 1. The van der Waals surface area contributed by atoms with Gasteiger partial charge in [-0.3, -0.25) is 9.59 Å². The standard InChI is InChI=1S/C20H20FNO4/c1-13-2-3-14(10-16(13)21)12-22-20(24)7-5-17(23)15-4-6-18-19(11-15)26-9-8-25-18/h2-4,6,10-11H,5,7-9,12H2,1H3,(H,22,24). The first kappa shape index (κ1) is 17.9. The predicted octanol–water partition coefficient (Wildman–Crippen LogP) is 3.18. The summed E-state index contributed by atoms with van der Waals surface area (Å²) in [6.45, 7) is 2.85. The summed E-state index contributed by atoms with van der Waals surface area (Å²) in [6, 6.07) is 9.84. The minimum Gasteiger partial charge on any atom is -0.486 e. The van der Waals surface area contributed by atoms with Crippen molar-refractivity contribution in [3.63, 3.8) is 0 Å². The predicted molar refractivity (Wildman–Crippen MR) is 94.0 cm³/mol. The topological polar surface area (TPSA) is 64.6 Å². The van der Waals surface area contributed by atoms with E-state index < -0.39 is 0 Å². The van der Waals surface area contributed by atoms with Gasteiger partial charge in [-0.15, -0.1) is 0 Å². The Labute approximate surface area is 151 Å². The number of carbonyl (C=O) groups is 2. The molecule has 1 aliphatic rings. The summed E-state index contributed by atoms with van der Waals surface area (Å²) >= 11 is 0. The van der Waals surface area contributed by atoms with Crippen LogP contribution in [0, 0.1) is 12.7 Å². The first-order valence-electron chi connectivity index (χ1n) is 8.47. The normalized spacial score (nSPS) is 12.5. The lowest BCUT2D eigenvalue weighted by atomic mass is 10.1. The molecule has 136 valence electrons. The van der Waals surface area contributed by atoms with Crippen LogP contribution in [0.2, 0.25) is 0 Å². The van der Waals surface area contributed by atoms with Gasteiger partial charge in [0.25, 0.3) is 0 Å². The van der Waals surface area contributed by atoms with Gasteiger partial charge in [-0.1, -0.05) is 12.1 Å². The summed E-state index contributed by atoms with van der Waals surface area (Å²) in [5.41, 5.74) is 1.73. The lowest BCUT2D eigenvalue weighted by Crippen LogP contribution is -2.23. The summed E-state index contributed by atoms with van der Waals surface area (Å²) in [5, 5.41) is 2.70. The quantitative estimate of drug-likeness (QED) is 0.807. The largest absolute Gasteiger partial charge is 0.486 e. The van der Waals surface area contributed by atoms with Gasteiger partial charge >= 0.3 is 0 Å². The molecule has 0 atom stereocenters. The fraction of sp³-hybridized carbons (Fsp3) is 0.300. The Kier molecular flexibility index (Phi) is 5.51. The summed E-state index contributed by atoms with van der Waals surface area (Å²) in [5.74, 6) is 0.477. The highest BCUT2D eigenvalue weighted by Crippen LogP contribution is 2.31. The Hall–Kier alpha value is -2.89. The van der Waals surface area contributed by atoms with Crippen LogP contribution in [0.5, 0.6) is 11.5 Å². The number of amides is 1. The zero-order valence-corrected chi connectivity index (χ0v) is 14.5. The molecule has 0 radical (unpaired) electrons. The highest BCUT2D eigenvalue weighted by atomic mass is 19.1. The van der Waals surface area contributed by atoms with Crippen LogP contribution in [0.15, 0.2) is 36.4 Å². The molecular weight excluding hydrogens is 337 g/mol. The van der Waals surface area contributed by atoms with Gasteiger partial charge in [-0.2, -0.15) is 0 Å². The monoisotopic (exact) mass is 357 g/mol. The van der Waals surface area contributed by atoms with E-state index in [1.165, 1.54) is 6.07 Å². The van der Waals surface area contributed by atoms with Crippen LogP contribution in [-0.4, -0.2) is 24.9 Å². The lowest BCUT2D eigenvalue weighted by Gasteiger charge is -2.18. The van der Waals surface area contributed by atoms with Crippen LogP contribution >= 0.6 is 0 Å². The minimum absolute atomic E-state index is 0.0711. The van der Waals surface area contributed by atoms with E-state index >= 15 is 0 Å². The zero-order valence-electron chi connectivity index (χ0n) is 14.5. The Morgan fingerprint density at radius 2 is 1.81 bits per heavy atom. The second kappa shape index (κ2) is 7.99. The van der Waals surface area contributed by atoms with Gasteiger partial charge in [-0.05, 0) is 42.3 Å². The molecule has 0 bridgehead atoms. The molecule has 5 nitrogen and oxygen atoms in total. The number of hydrogen-bond donors (Lipinski definition) is 1. The first-order valence-corrected chi connectivity index (χ1v) is 8.47. The zero-order chi connectivity index (χ0) is 18.5. The fourth-order valence-electron chi connectivity index (χ4n) is 2.62. The second-order valence-corrected chi connectivity index (χ2v) is 6.14. The fourth-order valence-corrected chi connectivity index (χ4v) is 2.62. The van der Waals surface area contributed by atoms with Crippen molar-refractivity contribution in [3.05, 3.63) is 58.9 Å². The van der Waals surface area contributed by atoms with E-state index in [0.717, 1.165) is 0 Å². The van der Waals surface area contributed by atoms with Crippen molar-refractivity contribution in [2.24, 2.45) is 0 Å². The van der Waals surface area contributed by atoms with Crippen molar-refractivity contribution in [3.8, 4) is 11.5 Å². The molecular formula is C20H20FNO4. The summed E-state index contributed by atoms with van der Waals surface area (Å²) in [4.78, 5) is 24.2. The third kappa shape index (κ3) is 4.39. The second-order valence-electron chi connectivity index (χ2n) is 6.14. The average Bonchev–Trinajstić information content (AvgIpc) is 2.66. The van der Waals surface area contributed by atoms with E-state index in [-0.39, 0.29) is 36.9 Å². The smallest absolute Gasteiger partial charge is 0.220 e. The van der Waals surface area contributed by atoms with Gasteiger partial charge in [0.1, 0.15) is 19.0 Å². The number of carbonyl (C=O) groups excluding carboxylic acids is 2. The van der Waals surface area contributed by atoms with E-state index in [4.69, 9.17) is 9.47 Å². The van der Waals surface area contributed by atoms with Gasteiger partial charge in [-0.25, -0.2) is 4.39 Å². The third-order valence-corrected chi connectivity index (χ3v) is 4.17. The molecule has 0 spiro atoms. The maximum atomic E-state index is 13.5. The summed E-state index contributed by atoms with van der Waals surface area (Å²) < 4.78 is 24.4. The summed E-state index contributed by atoms with van der Waals surface area (Å²) in [6.07, 6.45) is 0.162. The van der Waals surface area contributed by atoms with Crippen molar-refractivity contribution in [2.75, 3.05) is 13.2 Å². The highest BCUT2D eigenvalue weighted by Gasteiger charge is 2.15. The molecule has 0 aliphatic carbocycles. The number of halogens is 1. The van der Waals surface area contributed by atoms with Crippen molar-refractivity contribution >= 4 is 11.7 Å². The van der Waals surface area contributed by atoms with Gasteiger partial charge in [0.15, 0.2) is 17.3 Å². The Bertz CT molecular complexity index is 835. The molecule has 1 heterocycles. The number of Topliss-reactive ketones (excluding diaryl/α,β-unsaturated/α-hetero) is 1. The number of nitrogens with one attached hydrogen (secondary N) is 1. The van der Waals surface area contributed by atoms with E-state index in [2.05, 4.69) is 5.32 Å². The number of ketones is 1. The maximum absolute atomic E-state index is 13.5. The molecule has 0 fully saturated rings. The van der Waals surface area contributed by atoms with E-state index in [9.17, 15) is 14.0 Å². The van der Waals surface area contributed by atoms with Gasteiger partial charge < -0.3 is 14.8 Å². The molecule has 1 amide bonds. The average molecular weight is 357 g/mol. The number of rotatable bonds is 6. The van der Waals surface area contributed by atoms with E-state index in [1.807, 2.05) is 0 Å². The molecule has 1 N–H and O–H groups in total. The van der Waals surface area contributed by atoms with Gasteiger partial charge in [0.05, 0.1) is 0 Å². The van der Waals surface area contributed by atoms with Crippen molar-refractivity contribution in [1.82, 2.24) is 5.32 Å². The third-order valence-electron chi connectivity index (χ3n) is 4.17. The van der Waals surface area contributed by atoms with Crippen LogP contribution in [0.4, 0.5) is 4.39 Å². The molecule has 2 aromatic rings. The number of ether oxygens (including phenoxy) is 2. The van der Waals surface area contributed by atoms with Crippen molar-refractivity contribution < 1.29 is 23.5 Å². The lowest BCUT2D eigenvalue weighted by molar-refractivity contribution is -0.121. The number of hydrogen-bond acceptors (Lipinski definition) is 4. The van der Waals surface area contributed by atoms with Crippen LogP contribution < -0.4 is 14.8 Å². The van der Waals surface area contributed by atoms with Gasteiger partial charge in [0.2, 0.25) is 5.91 Å². The molecule has 1 aliphatic heterocycles.